The van der Waals surface area contributed by atoms with E-state index in [9.17, 15) is 10.1 Å². The van der Waals surface area contributed by atoms with Gasteiger partial charge in [0.25, 0.3) is 5.69 Å². The first-order chi connectivity index (χ1) is 14.2. The molecular weight excluding hydrogens is 365 g/mol. The fraction of sp³-hybridized carbons (Fsp3) is 0.0435. The molecule has 4 aromatic rings. The van der Waals surface area contributed by atoms with E-state index in [0.29, 0.717) is 0 Å². The predicted molar refractivity (Wildman–Crippen MR) is 112 cm³/mol. The highest BCUT2D eigenvalue weighted by Crippen LogP contribution is 2.40. The van der Waals surface area contributed by atoms with Gasteiger partial charge in [-0.25, -0.2) is 0 Å². The lowest BCUT2D eigenvalue weighted by atomic mass is 9.76. The van der Waals surface area contributed by atoms with Crippen molar-refractivity contribution in [1.29, 1.82) is 0 Å². The monoisotopic (exact) mass is 381 g/mol. The van der Waals surface area contributed by atoms with Gasteiger partial charge < -0.3 is 9.31 Å². The number of rotatable bonds is 3. The predicted octanol–water partition coefficient (Wildman–Crippen LogP) is 4.64. The molecule has 1 unspecified atom stereocenters. The number of fused-ring (bicyclic) bond motifs is 2. The number of non-ortho nitro benzene ring substituents is 1. The topological polar surface area (TPSA) is 61.6 Å². The first-order valence-electron chi connectivity index (χ1n) is 9.33. The summed E-state index contributed by atoms with van der Waals surface area (Å²) >= 11 is 0. The summed E-state index contributed by atoms with van der Waals surface area (Å²) in [6.45, 7) is 0. The normalized spacial score (nSPS) is 15.6. The van der Waals surface area contributed by atoms with Crippen LogP contribution in [0, 0.1) is 10.1 Å². The van der Waals surface area contributed by atoms with Gasteiger partial charge in [-0.1, -0.05) is 54.6 Å². The van der Waals surface area contributed by atoms with E-state index in [0.717, 1.165) is 33.1 Å². The average molecular weight is 381 g/mol. The van der Waals surface area contributed by atoms with E-state index in [2.05, 4.69) is 6.07 Å². The molecule has 0 bridgehead atoms. The number of hydrogen-bond donors (Lipinski definition) is 0. The third-order valence-electron chi connectivity index (χ3n) is 5.13. The molecule has 0 N–H and O–H groups in total. The molecule has 1 atom stereocenters. The highest BCUT2D eigenvalue weighted by molar-refractivity contribution is 6.62. The van der Waals surface area contributed by atoms with Crippen molar-refractivity contribution in [2.75, 3.05) is 0 Å². The SMILES string of the molecule is O=[N+]([O-])c1ccc(C2OB(c3ccccc3)Oc3cc4ccccc4cc32)cc1. The molecule has 0 aliphatic carbocycles. The van der Waals surface area contributed by atoms with Crippen LogP contribution < -0.4 is 10.1 Å². The zero-order valence-corrected chi connectivity index (χ0v) is 15.4. The molecule has 4 aromatic carbocycles. The van der Waals surface area contributed by atoms with Crippen molar-refractivity contribution in [2.45, 2.75) is 6.10 Å². The lowest BCUT2D eigenvalue weighted by molar-refractivity contribution is -0.384. The highest BCUT2D eigenvalue weighted by atomic mass is 16.6. The molecule has 0 aromatic heterocycles. The van der Waals surface area contributed by atoms with Crippen LogP contribution in [0.25, 0.3) is 10.8 Å². The van der Waals surface area contributed by atoms with Gasteiger partial charge in [-0.05, 0) is 46.1 Å². The Hall–Kier alpha value is -3.64. The number of benzene rings is 4. The lowest BCUT2D eigenvalue weighted by Crippen LogP contribution is -2.43. The van der Waals surface area contributed by atoms with Gasteiger partial charge in [-0.15, -0.1) is 0 Å². The Labute approximate surface area is 167 Å². The molecule has 6 heteroatoms. The van der Waals surface area contributed by atoms with Crippen molar-refractivity contribution in [2.24, 2.45) is 0 Å². The largest absolute Gasteiger partial charge is 0.563 e. The number of nitro benzene ring substituents is 1. The van der Waals surface area contributed by atoms with Crippen LogP contribution in [0.5, 0.6) is 5.75 Å². The van der Waals surface area contributed by atoms with Crippen LogP contribution in [0.3, 0.4) is 0 Å². The molecular formula is C23H16BNO4. The van der Waals surface area contributed by atoms with E-state index in [1.165, 1.54) is 12.1 Å². The van der Waals surface area contributed by atoms with Gasteiger partial charge in [-0.2, -0.15) is 0 Å². The van der Waals surface area contributed by atoms with Gasteiger partial charge in [0.2, 0.25) is 0 Å². The Morgan fingerprint density at radius 2 is 1.48 bits per heavy atom. The molecule has 0 radical (unpaired) electrons. The van der Waals surface area contributed by atoms with E-state index >= 15 is 0 Å². The lowest BCUT2D eigenvalue weighted by Gasteiger charge is -2.31. The fourth-order valence-electron chi connectivity index (χ4n) is 3.67. The molecule has 1 heterocycles. The minimum absolute atomic E-state index is 0.0548. The Morgan fingerprint density at radius 3 is 2.17 bits per heavy atom. The summed E-state index contributed by atoms with van der Waals surface area (Å²) in [5, 5.41) is 13.2. The van der Waals surface area contributed by atoms with E-state index in [1.54, 1.807) is 12.1 Å². The zero-order valence-electron chi connectivity index (χ0n) is 15.4. The molecule has 1 aliphatic rings. The number of nitro groups is 1. The summed E-state index contributed by atoms with van der Waals surface area (Å²) in [7, 11) is -0.565. The van der Waals surface area contributed by atoms with Gasteiger partial charge in [-0.3, -0.25) is 10.1 Å². The summed E-state index contributed by atoms with van der Waals surface area (Å²) in [5.41, 5.74) is 2.72. The second kappa shape index (κ2) is 7.07. The maximum atomic E-state index is 11.0. The third-order valence-corrected chi connectivity index (χ3v) is 5.13. The van der Waals surface area contributed by atoms with Crippen LogP contribution in [0.15, 0.2) is 91.0 Å². The third kappa shape index (κ3) is 3.24. The summed E-state index contributed by atoms with van der Waals surface area (Å²) in [6.07, 6.45) is -0.394. The van der Waals surface area contributed by atoms with Crippen molar-refractivity contribution < 1.29 is 14.2 Å². The summed E-state index contributed by atoms with van der Waals surface area (Å²) < 4.78 is 12.6. The molecule has 0 fully saturated rings. The Balaban J connectivity index is 1.63. The van der Waals surface area contributed by atoms with Crippen LogP contribution >= 0.6 is 0 Å². The molecule has 0 saturated heterocycles. The van der Waals surface area contributed by atoms with Crippen LogP contribution in [0.2, 0.25) is 0 Å². The van der Waals surface area contributed by atoms with E-state index in [4.69, 9.17) is 9.31 Å². The van der Waals surface area contributed by atoms with E-state index < -0.39 is 18.1 Å². The molecule has 1 aliphatic heterocycles. The molecule has 5 rings (SSSR count). The first kappa shape index (κ1) is 17.5. The van der Waals surface area contributed by atoms with Gasteiger partial charge in [0, 0.05) is 17.7 Å². The van der Waals surface area contributed by atoms with Crippen LogP contribution in [0.4, 0.5) is 5.69 Å². The quantitative estimate of drug-likeness (QED) is 0.295. The maximum absolute atomic E-state index is 11.0. The smallest absolute Gasteiger partial charge is 0.532 e. The second-order valence-corrected chi connectivity index (χ2v) is 6.96. The first-order valence-corrected chi connectivity index (χ1v) is 9.33. The van der Waals surface area contributed by atoms with Crippen molar-refractivity contribution in [3.63, 3.8) is 0 Å². The molecule has 0 saturated carbocycles. The van der Waals surface area contributed by atoms with E-state index in [-0.39, 0.29) is 5.69 Å². The van der Waals surface area contributed by atoms with Gasteiger partial charge in [0.05, 0.1) is 11.0 Å². The standard InChI is InChI=1S/C23H16BNO4/c26-25(27)20-12-10-16(11-13-20)23-21-14-17-6-4-5-7-18(17)15-22(21)28-24(29-23)19-8-2-1-3-9-19/h1-15,23H. The minimum atomic E-state index is -0.565. The van der Waals surface area contributed by atoms with Crippen molar-refractivity contribution in [3.05, 3.63) is 112 Å². The average Bonchev–Trinajstić information content (AvgIpc) is 2.77. The van der Waals surface area contributed by atoms with Crippen molar-refractivity contribution in [3.8, 4) is 5.75 Å². The molecule has 0 amide bonds. The summed E-state index contributed by atoms with van der Waals surface area (Å²) in [5.74, 6) is 0.757. The summed E-state index contributed by atoms with van der Waals surface area (Å²) in [6, 6.07) is 28.4. The molecule has 0 spiro atoms. The van der Waals surface area contributed by atoms with Crippen LogP contribution in [0.1, 0.15) is 17.2 Å². The maximum Gasteiger partial charge on any atom is 0.563 e. The number of hydrogen-bond acceptors (Lipinski definition) is 4. The van der Waals surface area contributed by atoms with E-state index in [1.807, 2.05) is 60.7 Å². The molecule has 29 heavy (non-hydrogen) atoms. The van der Waals surface area contributed by atoms with Crippen LogP contribution in [-0.4, -0.2) is 12.0 Å². The number of nitrogens with zero attached hydrogens (tertiary/aromatic N) is 1. The van der Waals surface area contributed by atoms with Crippen LogP contribution in [-0.2, 0) is 4.65 Å². The fourth-order valence-corrected chi connectivity index (χ4v) is 3.67. The van der Waals surface area contributed by atoms with Gasteiger partial charge in [0.15, 0.2) is 0 Å². The van der Waals surface area contributed by atoms with Crippen molar-refractivity contribution >= 4 is 29.0 Å². The second-order valence-electron chi connectivity index (χ2n) is 6.96. The van der Waals surface area contributed by atoms with Gasteiger partial charge >= 0.3 is 7.12 Å². The highest BCUT2D eigenvalue weighted by Gasteiger charge is 2.36. The Morgan fingerprint density at radius 1 is 0.828 bits per heavy atom. The zero-order chi connectivity index (χ0) is 19.8. The summed E-state index contributed by atoms with van der Waals surface area (Å²) in [4.78, 5) is 10.6. The Bertz CT molecular complexity index is 1190. The molecule has 140 valence electrons. The van der Waals surface area contributed by atoms with Gasteiger partial charge in [0.1, 0.15) is 5.75 Å². The molecule has 5 nitrogen and oxygen atoms in total. The van der Waals surface area contributed by atoms with Crippen molar-refractivity contribution in [1.82, 2.24) is 0 Å². The minimum Gasteiger partial charge on any atom is -0.532 e. The Kier molecular flexibility index (Phi) is 4.26.